The standard InChI is InChI=1S/C18H34OSi/c1-8-9-10-11-12-18(19)13-14-20(15(2)3,16(4)5)17(6)7/h15-17H,8-12H2,1-7H3. The largest absolute Gasteiger partial charge is 0.285 e. The Morgan fingerprint density at radius 3 is 1.80 bits per heavy atom. The van der Waals surface area contributed by atoms with Crippen LogP contribution in [0.1, 0.15) is 80.6 Å². The Morgan fingerprint density at radius 1 is 0.900 bits per heavy atom. The van der Waals surface area contributed by atoms with Crippen molar-refractivity contribution < 1.29 is 4.79 Å². The van der Waals surface area contributed by atoms with E-state index in [9.17, 15) is 4.79 Å². The molecule has 0 fully saturated rings. The molecule has 0 aromatic rings. The molecule has 20 heavy (non-hydrogen) atoms. The van der Waals surface area contributed by atoms with Crippen molar-refractivity contribution in [3.63, 3.8) is 0 Å². The molecule has 0 heterocycles. The summed E-state index contributed by atoms with van der Waals surface area (Å²) in [7, 11) is -1.73. The van der Waals surface area contributed by atoms with Crippen molar-refractivity contribution in [1.82, 2.24) is 0 Å². The number of Topliss-reactive ketones (excluding diaryl/α,β-unsaturated/α-hetero) is 1. The summed E-state index contributed by atoms with van der Waals surface area (Å²) in [6.45, 7) is 15.9. The van der Waals surface area contributed by atoms with Crippen LogP contribution in [0.3, 0.4) is 0 Å². The molecule has 0 aromatic carbocycles. The summed E-state index contributed by atoms with van der Waals surface area (Å²) >= 11 is 0. The van der Waals surface area contributed by atoms with Gasteiger partial charge in [0.25, 0.3) is 0 Å². The second-order valence-electron chi connectivity index (χ2n) is 6.88. The van der Waals surface area contributed by atoms with E-state index in [0.717, 1.165) is 12.8 Å². The molecule has 0 aliphatic rings. The molecule has 0 aromatic heterocycles. The van der Waals surface area contributed by atoms with Crippen molar-refractivity contribution >= 4 is 13.9 Å². The number of hydrogen-bond donors (Lipinski definition) is 0. The second kappa shape index (κ2) is 9.40. The van der Waals surface area contributed by atoms with E-state index < -0.39 is 8.07 Å². The van der Waals surface area contributed by atoms with Gasteiger partial charge in [-0.3, -0.25) is 4.79 Å². The topological polar surface area (TPSA) is 17.1 Å². The van der Waals surface area contributed by atoms with Gasteiger partial charge in [0.1, 0.15) is 8.07 Å². The van der Waals surface area contributed by atoms with Crippen molar-refractivity contribution in [1.29, 1.82) is 0 Å². The fourth-order valence-corrected chi connectivity index (χ4v) is 8.61. The molecule has 116 valence electrons. The third kappa shape index (κ3) is 5.44. The van der Waals surface area contributed by atoms with Crippen LogP contribution in [0.2, 0.25) is 16.6 Å². The number of ketones is 1. The van der Waals surface area contributed by atoms with E-state index in [2.05, 4.69) is 59.9 Å². The number of carbonyl (C=O) groups excluding carboxylic acids is 1. The summed E-state index contributed by atoms with van der Waals surface area (Å²) in [5, 5.41) is 0. The van der Waals surface area contributed by atoms with E-state index in [1.54, 1.807) is 0 Å². The molecule has 0 spiro atoms. The molecule has 1 nitrogen and oxygen atoms in total. The van der Waals surface area contributed by atoms with Crippen LogP contribution >= 0.6 is 0 Å². The summed E-state index contributed by atoms with van der Waals surface area (Å²) in [4.78, 5) is 12.0. The Balaban J connectivity index is 4.84. The molecule has 0 atom stereocenters. The molecule has 0 saturated carbocycles. The molecule has 2 heteroatoms. The minimum absolute atomic E-state index is 0.153. The monoisotopic (exact) mass is 294 g/mol. The third-order valence-corrected chi connectivity index (χ3v) is 10.8. The van der Waals surface area contributed by atoms with E-state index >= 15 is 0 Å². The lowest BCUT2D eigenvalue weighted by atomic mass is 10.1. The number of carbonyl (C=O) groups is 1. The maximum absolute atomic E-state index is 12.0. The Morgan fingerprint density at radius 2 is 1.40 bits per heavy atom. The quantitative estimate of drug-likeness (QED) is 0.316. The van der Waals surface area contributed by atoms with E-state index in [1.165, 1.54) is 12.8 Å². The average Bonchev–Trinajstić information content (AvgIpc) is 2.34. The normalized spacial score (nSPS) is 11.9. The van der Waals surface area contributed by atoms with Gasteiger partial charge in [-0.2, -0.15) is 0 Å². The molecule has 0 aliphatic carbocycles. The van der Waals surface area contributed by atoms with E-state index in [-0.39, 0.29) is 5.78 Å². The third-order valence-electron chi connectivity index (χ3n) is 4.54. The minimum Gasteiger partial charge on any atom is -0.285 e. The van der Waals surface area contributed by atoms with E-state index in [0.29, 0.717) is 23.0 Å². The highest BCUT2D eigenvalue weighted by atomic mass is 28.3. The van der Waals surface area contributed by atoms with Gasteiger partial charge >= 0.3 is 0 Å². The molecular formula is C18H34OSi. The number of hydrogen-bond acceptors (Lipinski definition) is 1. The van der Waals surface area contributed by atoms with Crippen molar-refractivity contribution in [3.8, 4) is 11.5 Å². The summed E-state index contributed by atoms with van der Waals surface area (Å²) in [6.07, 6.45) is 5.24. The van der Waals surface area contributed by atoms with Gasteiger partial charge in [0.05, 0.1) is 0 Å². The van der Waals surface area contributed by atoms with E-state index in [4.69, 9.17) is 0 Å². The molecule has 0 saturated heterocycles. The van der Waals surface area contributed by atoms with Crippen LogP contribution < -0.4 is 0 Å². The van der Waals surface area contributed by atoms with Gasteiger partial charge in [-0.1, -0.05) is 67.7 Å². The molecule has 0 N–H and O–H groups in total. The van der Waals surface area contributed by atoms with Crippen molar-refractivity contribution in [2.45, 2.75) is 97.2 Å². The van der Waals surface area contributed by atoms with Crippen LogP contribution in [0.25, 0.3) is 0 Å². The average molecular weight is 295 g/mol. The van der Waals surface area contributed by atoms with Crippen LogP contribution in [-0.2, 0) is 4.79 Å². The van der Waals surface area contributed by atoms with Gasteiger partial charge in [-0.25, -0.2) is 0 Å². The van der Waals surface area contributed by atoms with Gasteiger partial charge in [-0.15, -0.1) is 5.54 Å². The molecule has 0 unspecified atom stereocenters. The first-order valence-electron chi connectivity index (χ1n) is 8.34. The Kier molecular flexibility index (Phi) is 9.14. The molecule has 0 aliphatic heterocycles. The first kappa shape index (κ1) is 19.4. The maximum Gasteiger partial charge on any atom is 0.204 e. The highest BCUT2D eigenvalue weighted by Gasteiger charge is 2.41. The molecule has 0 radical (unpaired) electrons. The van der Waals surface area contributed by atoms with Gasteiger partial charge in [0, 0.05) is 6.42 Å². The Hall–Kier alpha value is -0.553. The highest BCUT2D eigenvalue weighted by Crippen LogP contribution is 2.40. The second-order valence-corrected chi connectivity index (χ2v) is 12.5. The first-order chi connectivity index (χ1) is 9.28. The summed E-state index contributed by atoms with van der Waals surface area (Å²) in [5.41, 5.74) is 5.31. The summed E-state index contributed by atoms with van der Waals surface area (Å²) in [6, 6.07) is 0. The lowest BCUT2D eigenvalue weighted by Crippen LogP contribution is -2.43. The predicted octanol–water partition coefficient (Wildman–Crippen LogP) is 5.75. The van der Waals surface area contributed by atoms with Crippen LogP contribution in [0.4, 0.5) is 0 Å². The predicted molar refractivity (Wildman–Crippen MR) is 92.6 cm³/mol. The zero-order chi connectivity index (χ0) is 15.8. The van der Waals surface area contributed by atoms with Gasteiger partial charge in [-0.05, 0) is 29.0 Å². The van der Waals surface area contributed by atoms with E-state index in [1.807, 2.05) is 0 Å². The lowest BCUT2D eigenvalue weighted by molar-refractivity contribution is -0.113. The zero-order valence-corrected chi connectivity index (χ0v) is 15.7. The number of unbranched alkanes of at least 4 members (excludes halogenated alkanes) is 3. The van der Waals surface area contributed by atoms with Gasteiger partial charge in [0.2, 0.25) is 5.78 Å². The number of rotatable bonds is 8. The Bertz CT molecular complexity index is 322. The van der Waals surface area contributed by atoms with Gasteiger partial charge in [0.15, 0.2) is 0 Å². The highest BCUT2D eigenvalue weighted by molar-refractivity contribution is 6.90. The van der Waals surface area contributed by atoms with Crippen LogP contribution in [0.5, 0.6) is 0 Å². The fourth-order valence-electron chi connectivity index (χ4n) is 3.39. The molecule has 0 rings (SSSR count). The zero-order valence-electron chi connectivity index (χ0n) is 14.7. The molecule has 0 amide bonds. The first-order valence-corrected chi connectivity index (χ1v) is 10.6. The van der Waals surface area contributed by atoms with Crippen molar-refractivity contribution in [2.75, 3.05) is 0 Å². The van der Waals surface area contributed by atoms with Crippen LogP contribution in [-0.4, -0.2) is 13.9 Å². The van der Waals surface area contributed by atoms with Crippen LogP contribution in [0.15, 0.2) is 0 Å². The maximum atomic E-state index is 12.0. The SMILES string of the molecule is CCCCCCC(=O)C#C[Si](C(C)C)(C(C)C)C(C)C. The Labute approximate surface area is 127 Å². The fraction of sp³-hybridized carbons (Fsp3) is 0.833. The van der Waals surface area contributed by atoms with Crippen molar-refractivity contribution in [3.05, 3.63) is 0 Å². The molecular weight excluding hydrogens is 260 g/mol. The van der Waals surface area contributed by atoms with Crippen LogP contribution in [0, 0.1) is 11.5 Å². The molecule has 0 bridgehead atoms. The summed E-state index contributed by atoms with van der Waals surface area (Å²) in [5.74, 6) is 3.17. The smallest absolute Gasteiger partial charge is 0.204 e. The van der Waals surface area contributed by atoms with Gasteiger partial charge < -0.3 is 0 Å². The minimum atomic E-state index is -1.73. The summed E-state index contributed by atoms with van der Waals surface area (Å²) < 4.78 is 0. The lowest BCUT2D eigenvalue weighted by Gasteiger charge is -2.37. The van der Waals surface area contributed by atoms with Crippen molar-refractivity contribution in [2.24, 2.45) is 0 Å².